The average Bonchev–Trinajstić information content (AvgIpc) is 2.82. The number of nitrogens with zero attached hydrogens (tertiary/aromatic N) is 2. The molecule has 0 aromatic heterocycles. The van der Waals surface area contributed by atoms with Gasteiger partial charge in [0.2, 0.25) is 0 Å². The van der Waals surface area contributed by atoms with E-state index in [9.17, 15) is 32.8 Å². The number of alkyl halides is 3. The fourth-order valence-corrected chi connectivity index (χ4v) is 5.57. The molecule has 2 fully saturated rings. The van der Waals surface area contributed by atoms with Gasteiger partial charge in [-0.3, -0.25) is 4.90 Å². The fraction of sp³-hybridized carbons (Fsp3) is 0.750. The van der Waals surface area contributed by atoms with E-state index in [2.05, 4.69) is 16.1 Å². The molecule has 35 heavy (non-hydrogen) atoms. The van der Waals surface area contributed by atoms with E-state index in [1.807, 2.05) is 0 Å². The van der Waals surface area contributed by atoms with Gasteiger partial charge in [-0.25, -0.2) is 14.4 Å². The zero-order valence-electron chi connectivity index (χ0n) is 20.2. The summed E-state index contributed by atoms with van der Waals surface area (Å²) in [5.41, 5.74) is 0.380. The third-order valence-electron chi connectivity index (χ3n) is 7.50. The number of carbonyl (C=O) groups excluding carboxylic acids is 3. The van der Waals surface area contributed by atoms with E-state index in [0.717, 1.165) is 7.11 Å². The molecule has 0 radical (unpaired) electrons. The highest BCUT2D eigenvalue weighted by molar-refractivity contribution is 5.96. The number of ether oxygens (including phenoxy) is 2. The van der Waals surface area contributed by atoms with Gasteiger partial charge in [-0.1, -0.05) is 6.42 Å². The Kier molecular flexibility index (Phi) is 8.34. The summed E-state index contributed by atoms with van der Waals surface area (Å²) in [5, 5.41) is 12.1. The molecule has 11 heteroatoms. The predicted octanol–water partition coefficient (Wildman–Crippen LogP) is 4.21. The number of halogens is 3. The molecule has 3 rings (SSSR count). The van der Waals surface area contributed by atoms with E-state index in [4.69, 9.17) is 4.74 Å². The van der Waals surface area contributed by atoms with Crippen LogP contribution in [0.3, 0.4) is 0 Å². The van der Waals surface area contributed by atoms with Gasteiger partial charge >= 0.3 is 24.1 Å². The molecule has 1 heterocycles. The lowest BCUT2D eigenvalue weighted by molar-refractivity contribution is -0.185. The zero-order valence-corrected chi connectivity index (χ0v) is 20.2. The Bertz CT molecular complexity index is 905. The Labute approximate surface area is 202 Å². The number of urea groups is 1. The molecule has 1 aliphatic heterocycles. The van der Waals surface area contributed by atoms with Gasteiger partial charge in [-0.15, -0.1) is 0 Å². The van der Waals surface area contributed by atoms with Crippen LogP contribution in [-0.4, -0.2) is 54.3 Å². The number of hydrogen-bond donors (Lipinski definition) is 1. The lowest BCUT2D eigenvalue weighted by Gasteiger charge is -2.45. The Morgan fingerprint density at radius 2 is 1.83 bits per heavy atom. The number of hydrogen-bond acceptors (Lipinski definition) is 6. The maximum atomic E-state index is 13.4. The number of nitrogens with one attached hydrogen (secondary N) is 1. The number of amides is 2. The summed E-state index contributed by atoms with van der Waals surface area (Å²) in [7, 11) is 1.16. The molecule has 3 unspecified atom stereocenters. The summed E-state index contributed by atoms with van der Waals surface area (Å²) >= 11 is 0. The van der Waals surface area contributed by atoms with Crippen LogP contribution >= 0.6 is 0 Å². The van der Waals surface area contributed by atoms with Crippen LogP contribution in [0.15, 0.2) is 11.3 Å². The lowest BCUT2D eigenvalue weighted by Crippen LogP contribution is -2.58. The minimum atomic E-state index is -4.36. The average molecular weight is 500 g/mol. The normalized spacial score (nSPS) is 30.7. The SMILES string of the molecule is COC(=O)[C@@H](C)OC(=O)C1=C(C)N(C2CCCC(C(F)(F)F)C2)C(=O)NC1C1CCC(C#N)CC1. The fourth-order valence-electron chi connectivity index (χ4n) is 5.57. The van der Waals surface area contributed by atoms with Crippen molar-refractivity contribution >= 4 is 18.0 Å². The van der Waals surface area contributed by atoms with Crippen molar-refractivity contribution in [1.82, 2.24) is 10.2 Å². The van der Waals surface area contributed by atoms with Gasteiger partial charge in [0.25, 0.3) is 0 Å². The molecule has 0 aromatic carbocycles. The second-order valence-corrected chi connectivity index (χ2v) is 9.67. The van der Waals surface area contributed by atoms with Gasteiger partial charge in [0.1, 0.15) is 0 Å². The standard InChI is InChI=1S/C24H32F3N3O5/c1-13-19(22(32)35-14(2)21(31)34-3)20(16-9-7-15(12-28)8-10-16)29-23(33)30(13)18-6-4-5-17(11-18)24(25,26)27/h14-18,20H,4-11H2,1-3H3,(H,29,33)/t14-,15?,16?,17?,18?,20?/m1/s1. The first kappa shape index (κ1) is 26.8. The van der Waals surface area contributed by atoms with Crippen LogP contribution in [0.25, 0.3) is 0 Å². The molecule has 0 spiro atoms. The van der Waals surface area contributed by atoms with Gasteiger partial charge in [0.05, 0.1) is 30.7 Å². The first-order valence-electron chi connectivity index (χ1n) is 12.0. The predicted molar refractivity (Wildman–Crippen MR) is 117 cm³/mol. The highest BCUT2D eigenvalue weighted by Gasteiger charge is 2.47. The summed E-state index contributed by atoms with van der Waals surface area (Å²) < 4.78 is 50.2. The maximum Gasteiger partial charge on any atom is 0.391 e. The Morgan fingerprint density at radius 1 is 1.17 bits per heavy atom. The Hall–Kier alpha value is -2.77. The molecule has 0 aromatic rings. The van der Waals surface area contributed by atoms with E-state index in [1.54, 1.807) is 6.92 Å². The number of esters is 2. The van der Waals surface area contributed by atoms with Crippen molar-refractivity contribution in [3.8, 4) is 6.07 Å². The van der Waals surface area contributed by atoms with E-state index >= 15 is 0 Å². The summed E-state index contributed by atoms with van der Waals surface area (Å²) in [6.45, 7) is 2.91. The van der Waals surface area contributed by atoms with Crippen LogP contribution in [0.1, 0.15) is 65.2 Å². The molecular formula is C24H32F3N3O5. The number of carbonyl (C=O) groups is 3. The molecule has 0 bridgehead atoms. The molecule has 2 aliphatic carbocycles. The minimum Gasteiger partial charge on any atom is -0.466 e. The first-order chi connectivity index (χ1) is 16.5. The van der Waals surface area contributed by atoms with Crippen molar-refractivity contribution < 1.29 is 37.0 Å². The summed E-state index contributed by atoms with van der Waals surface area (Å²) in [6.07, 6.45) is -2.66. The van der Waals surface area contributed by atoms with Crippen molar-refractivity contribution in [2.45, 2.75) is 89.6 Å². The van der Waals surface area contributed by atoms with Crippen molar-refractivity contribution in [3.05, 3.63) is 11.3 Å². The first-order valence-corrected chi connectivity index (χ1v) is 12.0. The largest absolute Gasteiger partial charge is 0.466 e. The summed E-state index contributed by atoms with van der Waals surface area (Å²) in [5.74, 6) is -3.33. The second kappa shape index (κ2) is 10.9. The monoisotopic (exact) mass is 499 g/mol. The van der Waals surface area contributed by atoms with E-state index < -0.39 is 48.3 Å². The van der Waals surface area contributed by atoms with Gasteiger partial charge in [0, 0.05) is 17.7 Å². The molecule has 8 nitrogen and oxygen atoms in total. The maximum absolute atomic E-state index is 13.4. The quantitative estimate of drug-likeness (QED) is 0.568. The van der Waals surface area contributed by atoms with Crippen molar-refractivity contribution in [2.75, 3.05) is 7.11 Å². The molecule has 2 amide bonds. The van der Waals surface area contributed by atoms with Crippen molar-refractivity contribution in [3.63, 3.8) is 0 Å². The topological polar surface area (TPSA) is 109 Å². The van der Waals surface area contributed by atoms with E-state index in [1.165, 1.54) is 11.8 Å². The second-order valence-electron chi connectivity index (χ2n) is 9.67. The molecule has 194 valence electrons. The van der Waals surface area contributed by atoms with Crippen LogP contribution in [0, 0.1) is 29.1 Å². The van der Waals surface area contributed by atoms with Crippen LogP contribution < -0.4 is 5.32 Å². The molecule has 4 atom stereocenters. The van der Waals surface area contributed by atoms with Gasteiger partial charge in [0.15, 0.2) is 6.10 Å². The zero-order chi connectivity index (χ0) is 25.9. The van der Waals surface area contributed by atoms with Crippen LogP contribution in [-0.2, 0) is 19.1 Å². The highest BCUT2D eigenvalue weighted by atomic mass is 19.4. The molecule has 1 N–H and O–H groups in total. The van der Waals surface area contributed by atoms with Gasteiger partial charge in [-0.2, -0.15) is 18.4 Å². The number of nitriles is 1. The molecule has 0 saturated heterocycles. The molecule has 2 saturated carbocycles. The van der Waals surface area contributed by atoms with Crippen LogP contribution in [0.5, 0.6) is 0 Å². The van der Waals surface area contributed by atoms with Crippen molar-refractivity contribution in [2.24, 2.45) is 17.8 Å². The Balaban J connectivity index is 1.94. The van der Waals surface area contributed by atoms with Crippen LogP contribution in [0.4, 0.5) is 18.0 Å². The highest BCUT2D eigenvalue weighted by Crippen LogP contribution is 2.42. The molecule has 3 aliphatic rings. The number of allylic oxidation sites excluding steroid dienone is 1. The van der Waals surface area contributed by atoms with E-state index in [0.29, 0.717) is 38.5 Å². The number of methoxy groups -OCH3 is 1. The van der Waals surface area contributed by atoms with E-state index in [-0.39, 0.29) is 35.9 Å². The Morgan fingerprint density at radius 3 is 2.40 bits per heavy atom. The summed E-state index contributed by atoms with van der Waals surface area (Å²) in [6, 6.07) is 0.266. The third-order valence-corrected chi connectivity index (χ3v) is 7.50. The minimum absolute atomic E-state index is 0.00845. The smallest absolute Gasteiger partial charge is 0.391 e. The van der Waals surface area contributed by atoms with Gasteiger partial charge in [-0.05, 0) is 64.7 Å². The van der Waals surface area contributed by atoms with Crippen LogP contribution in [0.2, 0.25) is 0 Å². The summed E-state index contributed by atoms with van der Waals surface area (Å²) in [4.78, 5) is 39.6. The number of rotatable bonds is 5. The van der Waals surface area contributed by atoms with Gasteiger partial charge < -0.3 is 14.8 Å². The lowest BCUT2D eigenvalue weighted by atomic mass is 9.76. The van der Waals surface area contributed by atoms with Crippen molar-refractivity contribution in [1.29, 1.82) is 5.26 Å². The third kappa shape index (κ3) is 5.90. The molecular weight excluding hydrogens is 467 g/mol.